The average Bonchev–Trinajstić information content (AvgIpc) is 3.91. The number of phosphoric acid groups is 1. The summed E-state index contributed by atoms with van der Waals surface area (Å²) in [6, 6.07) is 17.8. The molecule has 70 heavy (non-hydrogen) atoms. The Morgan fingerprint density at radius 1 is 0.671 bits per heavy atom. The molecule has 4 aromatic rings. The molecule has 0 bridgehead atoms. The fourth-order valence-electron chi connectivity index (χ4n) is 7.16. The van der Waals surface area contributed by atoms with Crippen molar-refractivity contribution >= 4 is 60.6 Å². The quantitative estimate of drug-likeness (QED) is 0.0511. The molecule has 4 heterocycles. The number of anilines is 1. The van der Waals surface area contributed by atoms with Gasteiger partial charge in [-0.15, -0.1) is 0 Å². The molecule has 2 aliphatic heterocycles. The Hall–Kier alpha value is -6.91. The molecule has 2 aromatic heterocycles. The van der Waals surface area contributed by atoms with Gasteiger partial charge in [-0.25, -0.2) is 29.1 Å². The molecule has 26 heteroatoms. The summed E-state index contributed by atoms with van der Waals surface area (Å²) >= 11 is 0. The van der Waals surface area contributed by atoms with Crippen molar-refractivity contribution in [3.05, 3.63) is 84.4 Å². The van der Waals surface area contributed by atoms with Crippen LogP contribution in [0.1, 0.15) is 67.5 Å². The first-order chi connectivity index (χ1) is 33.6. The van der Waals surface area contributed by atoms with Crippen molar-refractivity contribution < 1.29 is 89.5 Å². The van der Waals surface area contributed by atoms with Crippen LogP contribution in [-0.4, -0.2) is 137 Å². The van der Waals surface area contributed by atoms with Gasteiger partial charge in [-0.2, -0.15) is 5.26 Å². The number of phosphoric ester groups is 1. The highest BCUT2D eigenvalue weighted by molar-refractivity contribution is 7.48. The van der Waals surface area contributed by atoms with Crippen LogP contribution in [0.2, 0.25) is 0 Å². The molecule has 0 radical (unpaired) electrons. The number of ether oxygens (including phenoxy) is 9. The summed E-state index contributed by atoms with van der Waals surface area (Å²) < 4.78 is 84.3. The number of nitrogens with two attached hydrogens (primary N) is 1. The van der Waals surface area contributed by atoms with E-state index in [0.717, 1.165) is 27.7 Å². The Labute approximate surface area is 399 Å². The Kier molecular flexibility index (Phi) is 18.4. The number of nitriles is 1. The van der Waals surface area contributed by atoms with Gasteiger partial charge in [0, 0.05) is 27.7 Å². The van der Waals surface area contributed by atoms with Gasteiger partial charge < -0.3 is 48.4 Å². The smallest absolute Gasteiger partial charge is 0.463 e. The van der Waals surface area contributed by atoms with Crippen molar-refractivity contribution in [2.75, 3.05) is 38.8 Å². The molecule has 0 amide bonds. The number of carbonyl (C=O) groups excluding carboxylic acids is 6. The number of hydrogen-bond acceptors (Lipinski definition) is 24. The summed E-state index contributed by atoms with van der Waals surface area (Å²) in [6.45, 7) is 2.02. The van der Waals surface area contributed by atoms with Gasteiger partial charge in [0.15, 0.2) is 54.5 Å². The Morgan fingerprint density at radius 3 is 1.86 bits per heavy atom. The van der Waals surface area contributed by atoms with E-state index < -0.39 is 125 Å². The van der Waals surface area contributed by atoms with Crippen LogP contribution in [-0.2, 0) is 79.9 Å². The van der Waals surface area contributed by atoms with Crippen molar-refractivity contribution in [2.24, 2.45) is 0 Å². The number of imidazole rings is 1. The maximum atomic E-state index is 14.3. The first-order valence-electron chi connectivity index (χ1n) is 21.5. The Bertz CT molecular complexity index is 2560. The number of hydrogen-bond donors (Lipinski definition) is 1. The SMILES string of the molecule is CC(=O)OCC1OC(OCCCOP(=O)(OCCC#N)OCC2OC(n3cnc4c(N)ncnc43)C(OC(=O)c3ccccc3)C2OC(=O)c2ccccc2)C(OC(C)=O)C(OC(C)=O)C1OC(C)=O. The van der Waals surface area contributed by atoms with E-state index in [1.807, 2.05) is 6.07 Å². The van der Waals surface area contributed by atoms with Crippen molar-refractivity contribution in [2.45, 2.75) is 95.8 Å². The summed E-state index contributed by atoms with van der Waals surface area (Å²) in [6.07, 6.45) is -10.7. The molecule has 2 saturated heterocycles. The van der Waals surface area contributed by atoms with E-state index in [2.05, 4.69) is 15.0 Å². The van der Waals surface area contributed by atoms with Crippen LogP contribution in [0.4, 0.5) is 5.82 Å². The van der Waals surface area contributed by atoms with Gasteiger partial charge in [0.2, 0.25) is 0 Å². The molecule has 0 saturated carbocycles. The van der Waals surface area contributed by atoms with Crippen molar-refractivity contribution in [3.8, 4) is 6.07 Å². The van der Waals surface area contributed by atoms with Crippen molar-refractivity contribution in [1.29, 1.82) is 5.26 Å². The fourth-order valence-corrected chi connectivity index (χ4v) is 8.38. The summed E-state index contributed by atoms with van der Waals surface area (Å²) in [5.74, 6) is -4.85. The number of aromatic nitrogens is 4. The number of fused-ring (bicyclic) bond motifs is 1. The summed E-state index contributed by atoms with van der Waals surface area (Å²) in [7, 11) is -4.67. The van der Waals surface area contributed by atoms with E-state index >= 15 is 0 Å². The molecule has 10 atom stereocenters. The van der Waals surface area contributed by atoms with Crippen LogP contribution in [0.25, 0.3) is 11.2 Å². The number of benzene rings is 2. The van der Waals surface area contributed by atoms with E-state index in [1.54, 1.807) is 36.4 Å². The molecule has 374 valence electrons. The highest BCUT2D eigenvalue weighted by Crippen LogP contribution is 2.51. The minimum Gasteiger partial charge on any atom is -0.463 e. The molecular weight excluding hydrogens is 947 g/mol. The molecule has 2 aliphatic rings. The average molecular weight is 997 g/mol. The number of nitrogen functional groups attached to an aromatic ring is 1. The van der Waals surface area contributed by atoms with Gasteiger partial charge in [-0.3, -0.25) is 37.3 Å². The van der Waals surface area contributed by atoms with E-state index in [1.165, 1.54) is 41.5 Å². The topological polar surface area (TPSA) is 324 Å². The number of rotatable bonds is 22. The minimum absolute atomic E-state index is 0.0301. The number of carbonyl (C=O) groups is 6. The largest absolute Gasteiger partial charge is 0.474 e. The molecule has 2 fully saturated rings. The molecule has 0 aliphatic carbocycles. The normalized spacial score (nSPS) is 23.8. The second-order valence-electron chi connectivity index (χ2n) is 15.2. The van der Waals surface area contributed by atoms with E-state index in [-0.39, 0.29) is 47.6 Å². The summed E-state index contributed by atoms with van der Waals surface area (Å²) in [4.78, 5) is 88.3. The second kappa shape index (κ2) is 24.6. The lowest BCUT2D eigenvalue weighted by Gasteiger charge is -2.44. The van der Waals surface area contributed by atoms with E-state index in [9.17, 15) is 38.6 Å². The Morgan fingerprint density at radius 2 is 1.24 bits per heavy atom. The third kappa shape index (κ3) is 13.9. The maximum absolute atomic E-state index is 14.3. The van der Waals surface area contributed by atoms with Crippen molar-refractivity contribution in [3.63, 3.8) is 0 Å². The molecular formula is C44H49N6O19P. The number of nitrogens with zero attached hydrogens (tertiary/aromatic N) is 5. The van der Waals surface area contributed by atoms with Gasteiger partial charge in [-0.05, 0) is 30.7 Å². The minimum atomic E-state index is -4.67. The zero-order valence-electron chi connectivity index (χ0n) is 38.1. The lowest BCUT2D eigenvalue weighted by molar-refractivity contribution is -0.308. The molecule has 2 N–H and O–H groups in total. The van der Waals surface area contributed by atoms with Crippen LogP contribution in [0.3, 0.4) is 0 Å². The Balaban J connectivity index is 1.22. The van der Waals surface area contributed by atoms with Gasteiger partial charge in [0.1, 0.15) is 30.7 Å². The predicted octanol–water partition coefficient (Wildman–Crippen LogP) is 3.32. The molecule has 0 spiro atoms. The van der Waals surface area contributed by atoms with Crippen molar-refractivity contribution in [1.82, 2.24) is 19.5 Å². The molecule has 2 aromatic carbocycles. The fraction of sp³-hybridized carbons (Fsp3) is 0.455. The lowest BCUT2D eigenvalue weighted by atomic mass is 9.98. The van der Waals surface area contributed by atoms with Gasteiger partial charge >= 0.3 is 43.6 Å². The van der Waals surface area contributed by atoms with Gasteiger partial charge in [0.05, 0.1) is 56.4 Å². The van der Waals surface area contributed by atoms with Crippen LogP contribution in [0.15, 0.2) is 73.3 Å². The molecule has 25 nitrogen and oxygen atoms in total. The monoisotopic (exact) mass is 996 g/mol. The standard InChI is InChI=1S/C44H49N6O19P/c1-25(51)59-21-31-34(63-26(2)52)36(64-27(3)53)38(65-28(4)54)44(67-31)58-18-12-20-61-70(57,60-19-11-17-45)62-22-32-35(68-42(55)29-13-7-5-8-14-29)37(69-43(56)30-15-9-6-10-16-30)41(66-32)50-24-49-33-39(46)47-23-48-40(33)50/h5-10,13-16,23-24,31-32,34-38,41,44H,11-12,18-22H2,1-4H3,(H2,46,47,48). The highest BCUT2D eigenvalue weighted by atomic mass is 31.2. The molecule has 10 unspecified atom stereocenters. The summed E-state index contributed by atoms with van der Waals surface area (Å²) in [5.41, 5.74) is 6.70. The van der Waals surface area contributed by atoms with Gasteiger partial charge in [0.25, 0.3) is 0 Å². The first-order valence-corrected chi connectivity index (χ1v) is 23.0. The van der Waals surface area contributed by atoms with Crippen LogP contribution < -0.4 is 5.73 Å². The zero-order chi connectivity index (χ0) is 50.4. The van der Waals surface area contributed by atoms with Crippen LogP contribution >= 0.6 is 7.82 Å². The van der Waals surface area contributed by atoms with E-state index in [0.29, 0.717) is 0 Å². The maximum Gasteiger partial charge on any atom is 0.474 e. The van der Waals surface area contributed by atoms with Crippen LogP contribution in [0.5, 0.6) is 0 Å². The predicted molar refractivity (Wildman–Crippen MR) is 233 cm³/mol. The lowest BCUT2D eigenvalue weighted by Crippen LogP contribution is -2.63. The molecule has 6 rings (SSSR count). The number of esters is 6. The highest BCUT2D eigenvalue weighted by Gasteiger charge is 2.54. The third-order valence-corrected chi connectivity index (χ3v) is 11.5. The summed E-state index contributed by atoms with van der Waals surface area (Å²) in [5, 5.41) is 9.25. The zero-order valence-corrected chi connectivity index (χ0v) is 39.0. The van der Waals surface area contributed by atoms with Gasteiger partial charge in [-0.1, -0.05) is 36.4 Å². The third-order valence-electron chi connectivity index (χ3n) is 10.1. The van der Waals surface area contributed by atoms with E-state index in [4.69, 9.17) is 61.9 Å². The second-order valence-corrected chi connectivity index (χ2v) is 16.9. The first kappa shape index (κ1) is 52.5. The van der Waals surface area contributed by atoms with Crippen LogP contribution in [0, 0.1) is 11.3 Å².